The molecule has 0 aliphatic heterocycles. The van der Waals surface area contributed by atoms with Gasteiger partial charge in [-0.15, -0.1) is 0 Å². The first-order chi connectivity index (χ1) is 9.37. The van der Waals surface area contributed by atoms with E-state index in [0.717, 1.165) is 12.3 Å². The van der Waals surface area contributed by atoms with Crippen molar-refractivity contribution in [2.24, 2.45) is 5.92 Å². The van der Waals surface area contributed by atoms with Gasteiger partial charge in [0.15, 0.2) is 0 Å². The molecule has 3 nitrogen and oxygen atoms in total. The van der Waals surface area contributed by atoms with E-state index in [1.165, 1.54) is 25.0 Å². The molecule has 0 aromatic carbocycles. The van der Waals surface area contributed by atoms with Gasteiger partial charge in [-0.05, 0) is 51.2 Å². The van der Waals surface area contributed by atoms with Gasteiger partial charge < -0.3 is 4.74 Å². The van der Waals surface area contributed by atoms with Crippen molar-refractivity contribution in [2.75, 3.05) is 12.4 Å². The second kappa shape index (κ2) is 8.28. The average Bonchev–Trinajstić information content (AvgIpc) is 3.12. The number of hydrogen-bond donors (Lipinski definition) is 1. The van der Waals surface area contributed by atoms with Gasteiger partial charge in [-0.1, -0.05) is 20.8 Å². The van der Waals surface area contributed by atoms with Gasteiger partial charge in [0.05, 0.1) is 6.61 Å². The van der Waals surface area contributed by atoms with E-state index in [4.69, 9.17) is 4.74 Å². The van der Waals surface area contributed by atoms with Crippen LogP contribution in [0.25, 0.3) is 0 Å². The Labute approximate surface area is 128 Å². The zero-order chi connectivity index (χ0) is 15.2. The third kappa shape index (κ3) is 6.49. The standard InChI is InChI=1S/C16H31NO2S/c1-6-19-15(18)16(5,17-14-7-8-14)11-13(4)20-10-9-12(2)3/h12-14,17H,6-11H2,1-5H3. The van der Waals surface area contributed by atoms with Gasteiger partial charge >= 0.3 is 5.97 Å². The van der Waals surface area contributed by atoms with Crippen molar-refractivity contribution in [1.29, 1.82) is 0 Å². The van der Waals surface area contributed by atoms with Crippen molar-refractivity contribution < 1.29 is 9.53 Å². The lowest BCUT2D eigenvalue weighted by atomic mass is 9.95. The van der Waals surface area contributed by atoms with E-state index in [-0.39, 0.29) is 5.97 Å². The smallest absolute Gasteiger partial charge is 0.326 e. The largest absolute Gasteiger partial charge is 0.465 e. The minimum atomic E-state index is -0.526. The summed E-state index contributed by atoms with van der Waals surface area (Å²) < 4.78 is 5.27. The number of ether oxygens (including phenoxy) is 1. The summed E-state index contributed by atoms with van der Waals surface area (Å²) >= 11 is 1.97. The lowest BCUT2D eigenvalue weighted by molar-refractivity contribution is -0.150. The van der Waals surface area contributed by atoms with Crippen molar-refractivity contribution in [2.45, 2.75) is 77.1 Å². The topological polar surface area (TPSA) is 38.3 Å². The van der Waals surface area contributed by atoms with Gasteiger partial charge in [-0.2, -0.15) is 11.8 Å². The van der Waals surface area contributed by atoms with Crippen molar-refractivity contribution in [1.82, 2.24) is 5.32 Å². The fourth-order valence-electron chi connectivity index (χ4n) is 2.31. The second-order valence-corrected chi connectivity index (χ2v) is 8.09. The predicted octanol–water partition coefficient (Wildman–Crippen LogP) is 3.62. The van der Waals surface area contributed by atoms with Crippen LogP contribution in [0.15, 0.2) is 0 Å². The van der Waals surface area contributed by atoms with Crippen LogP contribution < -0.4 is 5.32 Å². The van der Waals surface area contributed by atoms with Crippen LogP contribution in [0.3, 0.4) is 0 Å². The first kappa shape index (κ1) is 17.8. The molecule has 1 fully saturated rings. The Kier molecular flexibility index (Phi) is 7.38. The Balaban J connectivity index is 2.47. The van der Waals surface area contributed by atoms with Crippen molar-refractivity contribution >= 4 is 17.7 Å². The molecule has 1 rings (SSSR count). The van der Waals surface area contributed by atoms with E-state index in [1.54, 1.807) is 0 Å². The maximum Gasteiger partial charge on any atom is 0.326 e. The van der Waals surface area contributed by atoms with Gasteiger partial charge in [0.25, 0.3) is 0 Å². The van der Waals surface area contributed by atoms with Crippen molar-refractivity contribution in [3.8, 4) is 0 Å². The van der Waals surface area contributed by atoms with Gasteiger partial charge in [-0.25, -0.2) is 0 Å². The molecule has 2 unspecified atom stereocenters. The van der Waals surface area contributed by atoms with Crippen LogP contribution in [0, 0.1) is 5.92 Å². The molecule has 0 amide bonds. The number of nitrogens with one attached hydrogen (secondary N) is 1. The van der Waals surface area contributed by atoms with E-state index in [1.807, 2.05) is 25.6 Å². The number of carbonyl (C=O) groups excluding carboxylic acids is 1. The molecular formula is C16H31NO2S. The molecule has 118 valence electrons. The summed E-state index contributed by atoms with van der Waals surface area (Å²) in [6.07, 6.45) is 4.44. The molecule has 1 saturated carbocycles. The zero-order valence-corrected chi connectivity index (χ0v) is 14.5. The minimum absolute atomic E-state index is 0.0943. The summed E-state index contributed by atoms with van der Waals surface area (Å²) in [5.41, 5.74) is -0.526. The highest BCUT2D eigenvalue weighted by Gasteiger charge is 2.40. The summed E-state index contributed by atoms with van der Waals surface area (Å²) in [4.78, 5) is 12.3. The fourth-order valence-corrected chi connectivity index (χ4v) is 3.77. The van der Waals surface area contributed by atoms with Crippen LogP contribution in [0.5, 0.6) is 0 Å². The van der Waals surface area contributed by atoms with Crippen LogP contribution >= 0.6 is 11.8 Å². The number of thioether (sulfide) groups is 1. The summed E-state index contributed by atoms with van der Waals surface area (Å²) in [7, 11) is 0. The SMILES string of the molecule is CCOC(=O)C(C)(CC(C)SCCC(C)C)NC1CC1. The summed E-state index contributed by atoms with van der Waals surface area (Å²) in [6, 6.07) is 0.511. The molecular weight excluding hydrogens is 270 g/mol. The molecule has 2 atom stereocenters. The van der Waals surface area contributed by atoms with E-state index in [0.29, 0.717) is 17.9 Å². The molecule has 0 heterocycles. The fraction of sp³-hybridized carbons (Fsp3) is 0.938. The van der Waals surface area contributed by atoms with Crippen molar-refractivity contribution in [3.63, 3.8) is 0 Å². The van der Waals surface area contributed by atoms with E-state index < -0.39 is 5.54 Å². The summed E-state index contributed by atoms with van der Waals surface area (Å²) in [5, 5.41) is 3.96. The van der Waals surface area contributed by atoms with Crippen LogP contribution in [-0.4, -0.2) is 35.2 Å². The summed E-state index contributed by atoms with van der Waals surface area (Å²) in [6.45, 7) is 11.1. The molecule has 1 aliphatic carbocycles. The maximum absolute atomic E-state index is 12.3. The zero-order valence-electron chi connectivity index (χ0n) is 13.7. The van der Waals surface area contributed by atoms with E-state index >= 15 is 0 Å². The monoisotopic (exact) mass is 301 g/mol. The molecule has 4 heteroatoms. The molecule has 0 aromatic rings. The van der Waals surface area contributed by atoms with Gasteiger partial charge in [-0.3, -0.25) is 10.1 Å². The molecule has 1 N–H and O–H groups in total. The number of hydrogen-bond acceptors (Lipinski definition) is 4. The number of rotatable bonds is 10. The molecule has 0 saturated heterocycles. The van der Waals surface area contributed by atoms with E-state index in [2.05, 4.69) is 26.1 Å². The lowest BCUT2D eigenvalue weighted by Gasteiger charge is -2.31. The summed E-state index contributed by atoms with van der Waals surface area (Å²) in [5.74, 6) is 1.82. The molecule has 0 aromatic heterocycles. The first-order valence-corrected chi connectivity index (χ1v) is 8.98. The van der Waals surface area contributed by atoms with Crippen molar-refractivity contribution in [3.05, 3.63) is 0 Å². The molecule has 0 spiro atoms. The second-order valence-electron chi connectivity index (χ2n) is 6.54. The Hall–Kier alpha value is -0.220. The quantitative estimate of drug-likeness (QED) is 0.626. The third-order valence-electron chi connectivity index (χ3n) is 3.62. The Morgan fingerprint density at radius 1 is 1.40 bits per heavy atom. The molecule has 0 bridgehead atoms. The van der Waals surface area contributed by atoms with Gasteiger partial charge in [0, 0.05) is 11.3 Å². The number of carbonyl (C=O) groups is 1. The van der Waals surface area contributed by atoms with Crippen LogP contribution in [-0.2, 0) is 9.53 Å². The third-order valence-corrected chi connectivity index (χ3v) is 4.83. The first-order valence-electron chi connectivity index (χ1n) is 7.94. The van der Waals surface area contributed by atoms with E-state index in [9.17, 15) is 4.79 Å². The lowest BCUT2D eigenvalue weighted by Crippen LogP contribution is -2.52. The number of esters is 1. The van der Waals surface area contributed by atoms with Crippen LogP contribution in [0.4, 0.5) is 0 Å². The predicted molar refractivity (Wildman–Crippen MR) is 87.2 cm³/mol. The van der Waals surface area contributed by atoms with Gasteiger partial charge in [0.2, 0.25) is 0 Å². The Morgan fingerprint density at radius 3 is 2.55 bits per heavy atom. The molecule has 20 heavy (non-hydrogen) atoms. The Bertz CT molecular complexity index is 305. The van der Waals surface area contributed by atoms with Gasteiger partial charge in [0.1, 0.15) is 5.54 Å². The highest BCUT2D eigenvalue weighted by Crippen LogP contribution is 2.29. The molecule has 0 radical (unpaired) electrons. The molecule has 1 aliphatic rings. The normalized spacial score (nSPS) is 19.7. The maximum atomic E-state index is 12.3. The Morgan fingerprint density at radius 2 is 2.05 bits per heavy atom. The average molecular weight is 301 g/mol. The highest BCUT2D eigenvalue weighted by molar-refractivity contribution is 7.99. The van der Waals surface area contributed by atoms with Crippen LogP contribution in [0.2, 0.25) is 0 Å². The van der Waals surface area contributed by atoms with Crippen LogP contribution in [0.1, 0.15) is 60.3 Å². The highest BCUT2D eigenvalue weighted by atomic mass is 32.2. The minimum Gasteiger partial charge on any atom is -0.465 e.